The minimum Gasteiger partial charge on any atom is -0.354 e. The van der Waals surface area contributed by atoms with E-state index >= 15 is 0 Å². The fourth-order valence-electron chi connectivity index (χ4n) is 2.91. The van der Waals surface area contributed by atoms with Gasteiger partial charge in [0.15, 0.2) is 0 Å². The summed E-state index contributed by atoms with van der Waals surface area (Å²) in [6.07, 6.45) is 4.70. The van der Waals surface area contributed by atoms with Crippen LogP contribution < -0.4 is 10.0 Å². The molecule has 5 nitrogen and oxygen atoms in total. The standard InChI is InChI=1S/C17H25BrN2O3S/c1-12(2)16(17(21)19-11-13-5-3-4-6-13)20-24(22,23)15-9-7-14(18)8-10-15/h7-10,12-13,16,20H,3-6,11H2,1-2H3,(H,19,21)/t16-/m0/s1. The Morgan fingerprint density at radius 3 is 2.33 bits per heavy atom. The Bertz CT molecular complexity index is 653. The topological polar surface area (TPSA) is 75.3 Å². The molecule has 0 bridgehead atoms. The van der Waals surface area contributed by atoms with Gasteiger partial charge < -0.3 is 5.32 Å². The zero-order valence-corrected chi connectivity index (χ0v) is 16.5. The Morgan fingerprint density at radius 2 is 1.79 bits per heavy atom. The van der Waals surface area contributed by atoms with Crippen molar-refractivity contribution in [3.63, 3.8) is 0 Å². The molecule has 0 heterocycles. The summed E-state index contributed by atoms with van der Waals surface area (Å²) >= 11 is 3.28. The summed E-state index contributed by atoms with van der Waals surface area (Å²) in [7, 11) is -3.74. The highest BCUT2D eigenvalue weighted by atomic mass is 79.9. The summed E-state index contributed by atoms with van der Waals surface area (Å²) in [6.45, 7) is 4.30. The minimum absolute atomic E-state index is 0.140. The van der Waals surface area contributed by atoms with Gasteiger partial charge in [-0.1, -0.05) is 42.6 Å². The highest BCUT2D eigenvalue weighted by molar-refractivity contribution is 9.10. The van der Waals surface area contributed by atoms with Gasteiger partial charge in [0.25, 0.3) is 0 Å². The third-order valence-electron chi connectivity index (χ3n) is 4.39. The largest absolute Gasteiger partial charge is 0.354 e. The zero-order chi connectivity index (χ0) is 17.7. The van der Waals surface area contributed by atoms with E-state index < -0.39 is 16.1 Å². The van der Waals surface area contributed by atoms with Crippen LogP contribution in [0.5, 0.6) is 0 Å². The maximum absolute atomic E-state index is 12.5. The number of halogens is 1. The predicted octanol–water partition coefficient (Wildman–Crippen LogP) is 3.06. The first-order valence-electron chi connectivity index (χ1n) is 8.35. The number of rotatable bonds is 7. The first-order chi connectivity index (χ1) is 11.3. The predicted molar refractivity (Wildman–Crippen MR) is 98.1 cm³/mol. The molecule has 0 aliphatic heterocycles. The maximum Gasteiger partial charge on any atom is 0.241 e. The van der Waals surface area contributed by atoms with Crippen molar-refractivity contribution in [1.29, 1.82) is 0 Å². The molecule has 0 aromatic heterocycles. The number of benzene rings is 1. The molecule has 7 heteroatoms. The van der Waals surface area contributed by atoms with E-state index in [4.69, 9.17) is 0 Å². The van der Waals surface area contributed by atoms with Gasteiger partial charge in [-0.3, -0.25) is 4.79 Å². The summed E-state index contributed by atoms with van der Waals surface area (Å²) in [4.78, 5) is 12.6. The van der Waals surface area contributed by atoms with Gasteiger partial charge in [-0.2, -0.15) is 4.72 Å². The number of amides is 1. The van der Waals surface area contributed by atoms with E-state index in [9.17, 15) is 13.2 Å². The molecule has 0 spiro atoms. The van der Waals surface area contributed by atoms with Crippen LogP contribution in [-0.2, 0) is 14.8 Å². The molecule has 1 saturated carbocycles. The van der Waals surface area contributed by atoms with Crippen LogP contribution in [0.2, 0.25) is 0 Å². The molecule has 0 saturated heterocycles. The lowest BCUT2D eigenvalue weighted by atomic mass is 10.0. The Hall–Kier alpha value is -0.920. The average molecular weight is 417 g/mol. The van der Waals surface area contributed by atoms with Crippen molar-refractivity contribution in [2.24, 2.45) is 11.8 Å². The summed E-state index contributed by atoms with van der Waals surface area (Å²) in [5.41, 5.74) is 0. The highest BCUT2D eigenvalue weighted by Crippen LogP contribution is 2.23. The van der Waals surface area contributed by atoms with Gasteiger partial charge >= 0.3 is 0 Å². The molecule has 1 aromatic carbocycles. The van der Waals surface area contributed by atoms with Gasteiger partial charge in [0.05, 0.1) is 4.90 Å². The number of carbonyl (C=O) groups excluding carboxylic acids is 1. The molecule has 1 aliphatic rings. The van der Waals surface area contributed by atoms with E-state index in [1.165, 1.54) is 25.0 Å². The van der Waals surface area contributed by atoms with Crippen LogP contribution >= 0.6 is 15.9 Å². The Morgan fingerprint density at radius 1 is 1.21 bits per heavy atom. The first-order valence-corrected chi connectivity index (χ1v) is 10.6. The molecule has 1 amide bonds. The molecule has 24 heavy (non-hydrogen) atoms. The highest BCUT2D eigenvalue weighted by Gasteiger charge is 2.29. The van der Waals surface area contributed by atoms with Crippen LogP contribution in [-0.4, -0.2) is 26.9 Å². The van der Waals surface area contributed by atoms with E-state index in [2.05, 4.69) is 26.0 Å². The lowest BCUT2D eigenvalue weighted by Crippen LogP contribution is -2.50. The molecule has 1 aliphatic carbocycles. The molecule has 1 aromatic rings. The molecule has 1 fully saturated rings. The van der Waals surface area contributed by atoms with Gasteiger partial charge in [-0.15, -0.1) is 0 Å². The van der Waals surface area contributed by atoms with Crippen LogP contribution in [0.25, 0.3) is 0 Å². The molecule has 0 radical (unpaired) electrons. The van der Waals surface area contributed by atoms with Crippen LogP contribution in [0.15, 0.2) is 33.6 Å². The SMILES string of the molecule is CC(C)[C@H](NS(=O)(=O)c1ccc(Br)cc1)C(=O)NCC1CCCC1. The van der Waals surface area contributed by atoms with Crippen molar-refractivity contribution in [3.05, 3.63) is 28.7 Å². The van der Waals surface area contributed by atoms with E-state index in [0.717, 1.165) is 17.3 Å². The number of hydrogen-bond donors (Lipinski definition) is 2. The smallest absolute Gasteiger partial charge is 0.241 e. The van der Waals surface area contributed by atoms with Gasteiger partial charge in [-0.25, -0.2) is 8.42 Å². The lowest BCUT2D eigenvalue weighted by Gasteiger charge is -2.22. The van der Waals surface area contributed by atoms with E-state index in [0.29, 0.717) is 12.5 Å². The van der Waals surface area contributed by atoms with Gasteiger partial charge in [-0.05, 0) is 48.9 Å². The second kappa shape index (κ2) is 8.45. The summed E-state index contributed by atoms with van der Waals surface area (Å²) in [5.74, 6) is 0.126. The van der Waals surface area contributed by atoms with Crippen molar-refractivity contribution >= 4 is 31.9 Å². The molecule has 2 rings (SSSR count). The molecule has 0 unspecified atom stereocenters. The summed E-state index contributed by atoms with van der Waals surface area (Å²) in [5, 5.41) is 2.92. The van der Waals surface area contributed by atoms with Crippen LogP contribution in [0, 0.1) is 11.8 Å². The van der Waals surface area contributed by atoms with Crippen molar-refractivity contribution in [3.8, 4) is 0 Å². The molecule has 2 N–H and O–H groups in total. The van der Waals surface area contributed by atoms with E-state index in [1.54, 1.807) is 12.1 Å². The maximum atomic E-state index is 12.5. The second-order valence-electron chi connectivity index (χ2n) is 6.69. The van der Waals surface area contributed by atoms with Crippen LogP contribution in [0.1, 0.15) is 39.5 Å². The third-order valence-corrected chi connectivity index (χ3v) is 6.38. The molecule has 134 valence electrons. The Balaban J connectivity index is 2.03. The second-order valence-corrected chi connectivity index (χ2v) is 9.32. The number of nitrogens with one attached hydrogen (secondary N) is 2. The number of sulfonamides is 1. The number of hydrogen-bond acceptors (Lipinski definition) is 3. The normalized spacial score (nSPS) is 17.2. The number of carbonyl (C=O) groups is 1. The fourth-order valence-corrected chi connectivity index (χ4v) is 4.52. The summed E-state index contributed by atoms with van der Waals surface area (Å²) < 4.78 is 28.4. The fraction of sp³-hybridized carbons (Fsp3) is 0.588. The monoisotopic (exact) mass is 416 g/mol. The van der Waals surface area contributed by atoms with Crippen LogP contribution in [0.4, 0.5) is 0 Å². The minimum atomic E-state index is -3.74. The van der Waals surface area contributed by atoms with E-state index in [1.807, 2.05) is 13.8 Å². The Kier molecular flexibility index (Phi) is 6.83. The van der Waals surface area contributed by atoms with Crippen molar-refractivity contribution in [2.45, 2.75) is 50.5 Å². The van der Waals surface area contributed by atoms with Crippen molar-refractivity contribution in [2.75, 3.05) is 6.54 Å². The lowest BCUT2D eigenvalue weighted by molar-refractivity contribution is -0.123. The third kappa shape index (κ3) is 5.29. The van der Waals surface area contributed by atoms with Crippen molar-refractivity contribution < 1.29 is 13.2 Å². The molecule has 1 atom stereocenters. The zero-order valence-electron chi connectivity index (χ0n) is 14.1. The summed E-state index contributed by atoms with van der Waals surface area (Å²) in [6, 6.07) is 5.58. The van der Waals surface area contributed by atoms with Gasteiger partial charge in [0, 0.05) is 11.0 Å². The van der Waals surface area contributed by atoms with Crippen molar-refractivity contribution in [1.82, 2.24) is 10.0 Å². The molecular weight excluding hydrogens is 392 g/mol. The van der Waals surface area contributed by atoms with Crippen LogP contribution in [0.3, 0.4) is 0 Å². The van der Waals surface area contributed by atoms with E-state index in [-0.39, 0.29) is 16.7 Å². The van der Waals surface area contributed by atoms with Gasteiger partial charge in [0.2, 0.25) is 15.9 Å². The quantitative estimate of drug-likeness (QED) is 0.716. The van der Waals surface area contributed by atoms with Gasteiger partial charge in [0.1, 0.15) is 6.04 Å². The average Bonchev–Trinajstić information content (AvgIpc) is 3.04. The molecular formula is C17H25BrN2O3S. The first kappa shape index (κ1) is 19.4. The Labute approximate surface area is 152 Å².